The molecule has 0 radical (unpaired) electrons. The van der Waals surface area contributed by atoms with Crippen LogP contribution in [0.3, 0.4) is 0 Å². The number of rotatable bonds is 2. The van der Waals surface area contributed by atoms with Crippen LogP contribution in [0.2, 0.25) is 0 Å². The zero-order valence-corrected chi connectivity index (χ0v) is 9.07. The van der Waals surface area contributed by atoms with Crippen LogP contribution >= 0.6 is 15.9 Å². The van der Waals surface area contributed by atoms with Gasteiger partial charge in [0.15, 0.2) is 0 Å². The summed E-state index contributed by atoms with van der Waals surface area (Å²) < 4.78 is 6.28. The maximum atomic E-state index is 5.19. The Morgan fingerprint density at radius 2 is 1.86 bits per heavy atom. The average molecular weight is 249 g/mol. The highest BCUT2D eigenvalue weighted by molar-refractivity contribution is 9.10. The average Bonchev–Trinajstić information content (AvgIpc) is 2.69. The van der Waals surface area contributed by atoms with Crippen LogP contribution in [0.5, 0.6) is 0 Å². The molecule has 0 fully saturated rings. The summed E-state index contributed by atoms with van der Waals surface area (Å²) in [5.41, 5.74) is 1.14. The molecule has 1 heterocycles. The van der Waals surface area contributed by atoms with Crippen LogP contribution in [-0.2, 0) is 0 Å². The normalized spacial score (nSPS) is 10.9. The Kier molecular flexibility index (Phi) is 2.84. The topological polar surface area (TPSA) is 13.1 Å². The van der Waals surface area contributed by atoms with E-state index in [-0.39, 0.29) is 0 Å². The molecule has 0 spiro atoms. The Balaban J connectivity index is 2.23. The molecule has 70 valence electrons. The van der Waals surface area contributed by atoms with Crippen LogP contribution < -0.4 is 0 Å². The molecule has 0 unspecified atom stereocenters. The van der Waals surface area contributed by atoms with Gasteiger partial charge in [0.1, 0.15) is 5.76 Å². The van der Waals surface area contributed by atoms with Gasteiger partial charge in [0.25, 0.3) is 0 Å². The van der Waals surface area contributed by atoms with Crippen molar-refractivity contribution in [1.29, 1.82) is 0 Å². The van der Waals surface area contributed by atoms with E-state index in [9.17, 15) is 0 Å². The highest BCUT2D eigenvalue weighted by Gasteiger charge is 1.93. The highest BCUT2D eigenvalue weighted by Crippen LogP contribution is 2.18. The van der Waals surface area contributed by atoms with Gasteiger partial charge in [0, 0.05) is 4.47 Å². The van der Waals surface area contributed by atoms with E-state index in [4.69, 9.17) is 4.42 Å². The molecule has 0 amide bonds. The first-order chi connectivity index (χ1) is 6.86. The zero-order chi connectivity index (χ0) is 9.80. The Bertz CT molecular complexity index is 429. The standard InChI is InChI=1S/C12H9BrO/c13-12-6-2-1-4-10(12)7-8-11-5-3-9-14-11/h1-9H/b8-7+. The fourth-order valence-corrected chi connectivity index (χ4v) is 1.59. The predicted molar refractivity (Wildman–Crippen MR) is 61.8 cm³/mol. The number of hydrogen-bond acceptors (Lipinski definition) is 1. The molecule has 0 aliphatic heterocycles. The summed E-state index contributed by atoms with van der Waals surface area (Å²) in [5.74, 6) is 0.862. The van der Waals surface area contributed by atoms with Crippen molar-refractivity contribution in [2.24, 2.45) is 0 Å². The van der Waals surface area contributed by atoms with Crippen LogP contribution in [0.15, 0.2) is 51.6 Å². The monoisotopic (exact) mass is 248 g/mol. The van der Waals surface area contributed by atoms with E-state index in [1.54, 1.807) is 6.26 Å². The van der Waals surface area contributed by atoms with E-state index < -0.39 is 0 Å². The Morgan fingerprint density at radius 1 is 1.00 bits per heavy atom. The predicted octanol–water partition coefficient (Wildman–Crippen LogP) is 4.21. The zero-order valence-electron chi connectivity index (χ0n) is 7.48. The smallest absolute Gasteiger partial charge is 0.126 e. The third-order valence-corrected chi connectivity index (χ3v) is 2.60. The molecule has 0 N–H and O–H groups in total. The molecule has 14 heavy (non-hydrogen) atoms. The molecule has 0 atom stereocenters. The summed E-state index contributed by atoms with van der Waals surface area (Å²) in [7, 11) is 0. The van der Waals surface area contributed by atoms with Gasteiger partial charge >= 0.3 is 0 Å². The van der Waals surface area contributed by atoms with Crippen molar-refractivity contribution in [3.05, 3.63) is 58.5 Å². The molecule has 0 bridgehead atoms. The minimum atomic E-state index is 0.862. The summed E-state index contributed by atoms with van der Waals surface area (Å²) in [6, 6.07) is 11.9. The Labute approximate surface area is 91.2 Å². The van der Waals surface area contributed by atoms with Gasteiger partial charge in [0.05, 0.1) is 6.26 Å². The summed E-state index contributed by atoms with van der Waals surface area (Å²) in [4.78, 5) is 0. The molecule has 1 aromatic carbocycles. The van der Waals surface area contributed by atoms with Gasteiger partial charge in [0.2, 0.25) is 0 Å². The lowest BCUT2D eigenvalue weighted by Crippen LogP contribution is -1.72. The van der Waals surface area contributed by atoms with Gasteiger partial charge in [-0.3, -0.25) is 0 Å². The van der Waals surface area contributed by atoms with Crippen LogP contribution in [0.1, 0.15) is 11.3 Å². The van der Waals surface area contributed by atoms with Crippen LogP contribution in [0.4, 0.5) is 0 Å². The van der Waals surface area contributed by atoms with E-state index in [2.05, 4.69) is 15.9 Å². The highest BCUT2D eigenvalue weighted by atomic mass is 79.9. The van der Waals surface area contributed by atoms with Gasteiger partial charge in [-0.25, -0.2) is 0 Å². The lowest BCUT2D eigenvalue weighted by molar-refractivity contribution is 0.557. The molecule has 1 aromatic heterocycles. The van der Waals surface area contributed by atoms with Crippen molar-refractivity contribution in [2.75, 3.05) is 0 Å². The van der Waals surface area contributed by atoms with Crippen molar-refractivity contribution in [3.63, 3.8) is 0 Å². The Hall–Kier alpha value is -1.28. The van der Waals surface area contributed by atoms with Gasteiger partial charge < -0.3 is 4.42 Å². The molecule has 2 heteroatoms. The quantitative estimate of drug-likeness (QED) is 0.776. The van der Waals surface area contributed by atoms with Gasteiger partial charge in [-0.05, 0) is 29.8 Å². The molecule has 2 aromatic rings. The van der Waals surface area contributed by atoms with Crippen molar-refractivity contribution in [3.8, 4) is 0 Å². The van der Waals surface area contributed by atoms with Gasteiger partial charge in [-0.1, -0.05) is 40.2 Å². The van der Waals surface area contributed by atoms with Crippen LogP contribution in [0.25, 0.3) is 12.2 Å². The largest absolute Gasteiger partial charge is 0.465 e. The molecule has 0 saturated heterocycles. The molecule has 1 nitrogen and oxygen atoms in total. The number of hydrogen-bond donors (Lipinski definition) is 0. The van der Waals surface area contributed by atoms with E-state index >= 15 is 0 Å². The van der Waals surface area contributed by atoms with E-state index in [0.29, 0.717) is 0 Å². The first kappa shape index (κ1) is 9.28. The lowest BCUT2D eigenvalue weighted by atomic mass is 10.2. The summed E-state index contributed by atoms with van der Waals surface area (Å²) in [6.07, 6.45) is 5.63. The van der Waals surface area contributed by atoms with E-state index in [1.165, 1.54) is 0 Å². The number of halogens is 1. The maximum Gasteiger partial charge on any atom is 0.126 e. The summed E-state index contributed by atoms with van der Waals surface area (Å²) >= 11 is 3.48. The molecule has 0 saturated carbocycles. The third kappa shape index (κ3) is 2.15. The first-order valence-corrected chi connectivity index (χ1v) is 5.12. The van der Waals surface area contributed by atoms with E-state index in [1.807, 2.05) is 48.6 Å². The molecule has 2 rings (SSSR count). The van der Waals surface area contributed by atoms with Crippen molar-refractivity contribution in [1.82, 2.24) is 0 Å². The molecular weight excluding hydrogens is 240 g/mol. The summed E-state index contributed by atoms with van der Waals surface area (Å²) in [6.45, 7) is 0. The van der Waals surface area contributed by atoms with E-state index in [0.717, 1.165) is 15.8 Å². The molecule has 0 aliphatic rings. The molecule has 0 aliphatic carbocycles. The first-order valence-electron chi connectivity index (χ1n) is 4.32. The third-order valence-electron chi connectivity index (χ3n) is 1.88. The SMILES string of the molecule is Brc1ccccc1/C=C/c1ccco1. The number of furan rings is 1. The second-order valence-electron chi connectivity index (χ2n) is 2.87. The van der Waals surface area contributed by atoms with Gasteiger partial charge in [-0.15, -0.1) is 0 Å². The Morgan fingerprint density at radius 3 is 2.57 bits per heavy atom. The maximum absolute atomic E-state index is 5.19. The summed E-state index contributed by atoms with van der Waals surface area (Å²) in [5, 5.41) is 0. The number of benzene rings is 1. The van der Waals surface area contributed by atoms with Crippen molar-refractivity contribution < 1.29 is 4.42 Å². The molecular formula is C12H9BrO. The van der Waals surface area contributed by atoms with Crippen LogP contribution in [-0.4, -0.2) is 0 Å². The lowest BCUT2D eigenvalue weighted by Gasteiger charge is -1.95. The minimum absolute atomic E-state index is 0.862. The van der Waals surface area contributed by atoms with Gasteiger partial charge in [-0.2, -0.15) is 0 Å². The van der Waals surface area contributed by atoms with Crippen LogP contribution in [0, 0.1) is 0 Å². The minimum Gasteiger partial charge on any atom is -0.465 e. The van der Waals surface area contributed by atoms with Crippen molar-refractivity contribution in [2.45, 2.75) is 0 Å². The second kappa shape index (κ2) is 4.29. The van der Waals surface area contributed by atoms with Crippen molar-refractivity contribution >= 4 is 28.1 Å². The second-order valence-corrected chi connectivity index (χ2v) is 3.72. The fourth-order valence-electron chi connectivity index (χ4n) is 1.17. The fraction of sp³-hybridized carbons (Fsp3) is 0.